The molecule has 4 atom stereocenters. The molecule has 0 aromatic heterocycles. The van der Waals surface area contributed by atoms with Crippen LogP contribution in [0.3, 0.4) is 0 Å². The molecule has 2 unspecified atom stereocenters. The lowest BCUT2D eigenvalue weighted by Gasteiger charge is -2.37. The van der Waals surface area contributed by atoms with Crippen molar-refractivity contribution in [1.82, 2.24) is 0 Å². The molecule has 4 rings (SSSR count). The second-order valence-electron chi connectivity index (χ2n) is 13.5. The Morgan fingerprint density at radius 2 is 1.00 bits per heavy atom. The minimum Gasteiger partial charge on any atom is -0.465 e. The standard InChI is InChI=1S/C38H50O8/c1-25-15-17-29(23-27(25)3)33(39)37(43)19-9-7-13-31(37)35(41)45-21-11-5-6-12-22-46-36(42)32-14-8-10-20-38(32,44)34(40)30-18-16-26(2)28(4)24-30/h15-18,23-24,31-32,43-44H,5-14,19-22H2,1-4H3/t31-,32?,37-,38?/m1/s1. The number of ether oxygens (including phenoxy) is 2. The summed E-state index contributed by atoms with van der Waals surface area (Å²) in [5.74, 6) is -3.71. The van der Waals surface area contributed by atoms with Crippen molar-refractivity contribution in [2.24, 2.45) is 11.8 Å². The smallest absolute Gasteiger partial charge is 0.312 e. The summed E-state index contributed by atoms with van der Waals surface area (Å²) in [5, 5.41) is 22.9. The van der Waals surface area contributed by atoms with Crippen molar-refractivity contribution < 1.29 is 38.9 Å². The Morgan fingerprint density at radius 1 is 0.609 bits per heavy atom. The number of unbranched alkanes of at least 4 members (excludes halogenated alkanes) is 3. The third-order valence-corrected chi connectivity index (χ3v) is 10.2. The first-order chi connectivity index (χ1) is 21.9. The van der Waals surface area contributed by atoms with E-state index in [9.17, 15) is 29.4 Å². The molecule has 2 saturated carbocycles. The molecule has 0 radical (unpaired) electrons. The molecule has 0 bridgehead atoms. The molecule has 250 valence electrons. The molecular formula is C38H50O8. The predicted molar refractivity (Wildman–Crippen MR) is 175 cm³/mol. The van der Waals surface area contributed by atoms with Crippen LogP contribution in [0.4, 0.5) is 0 Å². The molecule has 0 heterocycles. The van der Waals surface area contributed by atoms with Crippen LogP contribution in [0.25, 0.3) is 0 Å². The number of rotatable bonds is 13. The molecule has 2 aromatic carbocycles. The van der Waals surface area contributed by atoms with Gasteiger partial charge in [-0.15, -0.1) is 0 Å². The van der Waals surface area contributed by atoms with Crippen molar-refractivity contribution >= 4 is 23.5 Å². The molecule has 2 aromatic rings. The highest BCUT2D eigenvalue weighted by atomic mass is 16.5. The Bertz CT molecular complexity index is 1320. The quantitative estimate of drug-likeness (QED) is 0.146. The summed E-state index contributed by atoms with van der Waals surface area (Å²) in [4.78, 5) is 52.8. The van der Waals surface area contributed by atoms with Crippen LogP contribution < -0.4 is 0 Å². The lowest BCUT2D eigenvalue weighted by atomic mass is 9.71. The van der Waals surface area contributed by atoms with E-state index >= 15 is 0 Å². The van der Waals surface area contributed by atoms with Gasteiger partial charge in [0.1, 0.15) is 11.2 Å². The maximum atomic E-state index is 13.4. The Hall–Kier alpha value is -3.36. The van der Waals surface area contributed by atoms with Gasteiger partial charge in [-0.3, -0.25) is 19.2 Å². The van der Waals surface area contributed by atoms with Gasteiger partial charge in [0.15, 0.2) is 11.6 Å². The van der Waals surface area contributed by atoms with Gasteiger partial charge in [-0.1, -0.05) is 49.9 Å². The van der Waals surface area contributed by atoms with Gasteiger partial charge in [0.2, 0.25) is 0 Å². The lowest BCUT2D eigenvalue weighted by molar-refractivity contribution is -0.160. The van der Waals surface area contributed by atoms with Crippen LogP contribution in [0.5, 0.6) is 0 Å². The molecule has 0 amide bonds. The molecular weight excluding hydrogens is 584 g/mol. The summed E-state index contributed by atoms with van der Waals surface area (Å²) in [7, 11) is 0. The largest absolute Gasteiger partial charge is 0.465 e. The Labute approximate surface area is 272 Å². The van der Waals surface area contributed by atoms with Crippen molar-refractivity contribution in [3.63, 3.8) is 0 Å². The highest BCUT2D eigenvalue weighted by Crippen LogP contribution is 2.39. The number of hydrogen-bond donors (Lipinski definition) is 2. The summed E-state index contributed by atoms with van der Waals surface area (Å²) < 4.78 is 11.1. The van der Waals surface area contributed by atoms with E-state index in [1.54, 1.807) is 24.3 Å². The molecule has 46 heavy (non-hydrogen) atoms. The number of esters is 2. The summed E-state index contributed by atoms with van der Waals surface area (Å²) >= 11 is 0. The monoisotopic (exact) mass is 634 g/mol. The maximum absolute atomic E-state index is 13.4. The summed E-state index contributed by atoms with van der Waals surface area (Å²) in [5.41, 5.74) is 1.30. The maximum Gasteiger partial charge on any atom is 0.312 e. The van der Waals surface area contributed by atoms with Crippen LogP contribution in [0.1, 0.15) is 120 Å². The highest BCUT2D eigenvalue weighted by Gasteiger charge is 2.51. The SMILES string of the molecule is Cc1ccc(C(=O)C2(O)CCCCC2C(=O)OCCCCCCOC(=O)[C@H]2CCCC[C@]2(O)C(=O)c2ccc(C)c(C)c2)cc1C. The molecule has 2 N–H and O–H groups in total. The Balaban J connectivity index is 1.20. The number of hydrogen-bond acceptors (Lipinski definition) is 8. The minimum absolute atomic E-state index is 0.179. The fourth-order valence-corrected chi connectivity index (χ4v) is 6.85. The average molecular weight is 635 g/mol. The van der Waals surface area contributed by atoms with Crippen LogP contribution in [-0.4, -0.2) is 58.1 Å². The van der Waals surface area contributed by atoms with Crippen LogP contribution in [0, 0.1) is 39.5 Å². The normalized spacial score (nSPS) is 24.7. The number of carbonyl (C=O) groups excluding carboxylic acids is 4. The Kier molecular flexibility index (Phi) is 11.9. The van der Waals surface area contributed by atoms with Crippen LogP contribution in [0.15, 0.2) is 36.4 Å². The summed E-state index contributed by atoms with van der Waals surface area (Å²) in [6.07, 6.45) is 6.79. The van der Waals surface area contributed by atoms with Gasteiger partial charge in [-0.05, 0) is 113 Å². The number of ketones is 2. The first-order valence-corrected chi connectivity index (χ1v) is 16.9. The molecule has 2 fully saturated rings. The summed E-state index contributed by atoms with van der Waals surface area (Å²) in [6, 6.07) is 10.7. The molecule has 0 saturated heterocycles. The molecule has 2 aliphatic carbocycles. The van der Waals surface area contributed by atoms with Crippen molar-refractivity contribution in [2.45, 2.75) is 116 Å². The summed E-state index contributed by atoms with van der Waals surface area (Å²) in [6.45, 7) is 8.11. The lowest BCUT2D eigenvalue weighted by Crippen LogP contribution is -2.51. The topological polar surface area (TPSA) is 127 Å². The third-order valence-electron chi connectivity index (χ3n) is 10.2. The molecule has 2 aliphatic rings. The number of carbonyl (C=O) groups is 4. The number of aryl methyl sites for hydroxylation is 4. The van der Waals surface area contributed by atoms with E-state index in [1.807, 2.05) is 39.8 Å². The molecule has 0 aliphatic heterocycles. The number of benzene rings is 2. The Morgan fingerprint density at radius 3 is 1.37 bits per heavy atom. The van der Waals surface area contributed by atoms with E-state index in [0.717, 1.165) is 47.9 Å². The second kappa shape index (κ2) is 15.5. The van der Waals surface area contributed by atoms with E-state index in [-0.39, 0.29) is 26.1 Å². The van der Waals surface area contributed by atoms with Crippen LogP contribution >= 0.6 is 0 Å². The van der Waals surface area contributed by atoms with Gasteiger partial charge in [-0.25, -0.2) is 0 Å². The van der Waals surface area contributed by atoms with Gasteiger partial charge >= 0.3 is 11.9 Å². The van der Waals surface area contributed by atoms with E-state index in [1.165, 1.54) is 0 Å². The van der Waals surface area contributed by atoms with Crippen molar-refractivity contribution in [1.29, 1.82) is 0 Å². The average Bonchev–Trinajstić information content (AvgIpc) is 3.04. The van der Waals surface area contributed by atoms with Crippen molar-refractivity contribution in [3.05, 3.63) is 69.8 Å². The highest BCUT2D eigenvalue weighted by molar-refractivity contribution is 6.05. The van der Waals surface area contributed by atoms with Crippen molar-refractivity contribution in [2.75, 3.05) is 13.2 Å². The number of Topliss-reactive ketones (excluding diaryl/α,β-unsaturated/α-hetero) is 2. The van der Waals surface area contributed by atoms with Gasteiger partial charge in [0.05, 0.1) is 25.0 Å². The van der Waals surface area contributed by atoms with Gasteiger partial charge in [0.25, 0.3) is 0 Å². The van der Waals surface area contributed by atoms with Gasteiger partial charge in [0, 0.05) is 11.1 Å². The molecule has 0 spiro atoms. The van der Waals surface area contributed by atoms with Gasteiger partial charge in [-0.2, -0.15) is 0 Å². The number of aliphatic hydroxyl groups is 2. The fourth-order valence-electron chi connectivity index (χ4n) is 6.85. The van der Waals surface area contributed by atoms with Crippen molar-refractivity contribution in [3.8, 4) is 0 Å². The fraction of sp³-hybridized carbons (Fsp3) is 0.579. The van der Waals surface area contributed by atoms with E-state index < -0.39 is 46.5 Å². The van der Waals surface area contributed by atoms with E-state index in [0.29, 0.717) is 49.7 Å². The zero-order valence-electron chi connectivity index (χ0n) is 27.9. The zero-order valence-corrected chi connectivity index (χ0v) is 27.9. The zero-order chi connectivity index (χ0) is 33.5. The van der Waals surface area contributed by atoms with Gasteiger partial charge < -0.3 is 19.7 Å². The third kappa shape index (κ3) is 7.95. The second-order valence-corrected chi connectivity index (χ2v) is 13.5. The molecule has 8 heteroatoms. The molecule has 8 nitrogen and oxygen atoms in total. The van der Waals surface area contributed by atoms with Crippen LogP contribution in [-0.2, 0) is 19.1 Å². The van der Waals surface area contributed by atoms with E-state index in [2.05, 4.69) is 0 Å². The van der Waals surface area contributed by atoms with Crippen LogP contribution in [0.2, 0.25) is 0 Å². The minimum atomic E-state index is -1.77. The first kappa shape index (κ1) is 35.5. The first-order valence-electron chi connectivity index (χ1n) is 16.9. The van der Waals surface area contributed by atoms with E-state index in [4.69, 9.17) is 9.47 Å². The predicted octanol–water partition coefficient (Wildman–Crippen LogP) is 6.48.